The van der Waals surface area contributed by atoms with Crippen molar-refractivity contribution >= 4 is 23.9 Å². The fraction of sp³-hybridized carbons (Fsp3) is 0.556. The van der Waals surface area contributed by atoms with Gasteiger partial charge in [-0.15, -0.1) is 0 Å². The highest BCUT2D eigenvalue weighted by molar-refractivity contribution is 5.91. The van der Waals surface area contributed by atoms with Crippen molar-refractivity contribution in [3.63, 3.8) is 0 Å². The molecule has 5 N–H and O–H groups in total. The molecule has 0 radical (unpaired) electrons. The average molecular weight is 262 g/mol. The van der Waals surface area contributed by atoms with Gasteiger partial charge in [0.1, 0.15) is 0 Å². The van der Waals surface area contributed by atoms with Crippen LogP contribution in [0.3, 0.4) is 0 Å². The summed E-state index contributed by atoms with van der Waals surface area (Å²) in [5.74, 6) is -14.9. The number of aliphatic hydroxyl groups excluding tert-OH is 1. The second kappa shape index (κ2) is 4.61. The summed E-state index contributed by atoms with van der Waals surface area (Å²) in [6, 6.07) is 0. The van der Waals surface area contributed by atoms with Crippen molar-refractivity contribution in [2.45, 2.75) is 6.10 Å². The number of rotatable bonds is 4. The Hall–Kier alpha value is -2.16. The summed E-state index contributed by atoms with van der Waals surface area (Å²) in [6.45, 7) is 0. The normalized spacial score (nSPS) is 35.1. The largest absolute Gasteiger partial charge is 0.481 e. The summed E-state index contributed by atoms with van der Waals surface area (Å²) in [5, 5.41) is 44.8. The molecule has 100 valence electrons. The highest BCUT2D eigenvalue weighted by Crippen LogP contribution is 2.42. The SMILES string of the molecule is O=C(O)C1C(O)C(C(=O)O)C(C(=O)O)C1C(=O)O. The number of hydrogen-bond donors (Lipinski definition) is 5. The monoisotopic (exact) mass is 262 g/mol. The van der Waals surface area contributed by atoms with Crippen LogP contribution in [0, 0.1) is 23.7 Å². The smallest absolute Gasteiger partial charge is 0.310 e. The average Bonchev–Trinajstić information content (AvgIpc) is 2.51. The minimum atomic E-state index is -2.07. The van der Waals surface area contributed by atoms with E-state index < -0.39 is 53.7 Å². The molecule has 1 rings (SSSR count). The van der Waals surface area contributed by atoms with Gasteiger partial charge in [0.25, 0.3) is 0 Å². The lowest BCUT2D eigenvalue weighted by molar-refractivity contribution is -0.160. The van der Waals surface area contributed by atoms with Crippen molar-refractivity contribution in [3.05, 3.63) is 0 Å². The second-order valence-corrected chi connectivity index (χ2v) is 3.95. The molecule has 0 spiro atoms. The molecule has 0 aromatic carbocycles. The Labute approximate surface area is 99.3 Å². The molecule has 18 heavy (non-hydrogen) atoms. The molecule has 9 heteroatoms. The van der Waals surface area contributed by atoms with Crippen molar-refractivity contribution in [3.8, 4) is 0 Å². The third-order valence-electron chi connectivity index (χ3n) is 3.04. The molecule has 0 saturated heterocycles. The van der Waals surface area contributed by atoms with E-state index in [0.717, 1.165) is 0 Å². The Kier molecular flexibility index (Phi) is 3.56. The van der Waals surface area contributed by atoms with E-state index in [2.05, 4.69) is 0 Å². The second-order valence-electron chi connectivity index (χ2n) is 3.95. The van der Waals surface area contributed by atoms with Crippen LogP contribution in [0.2, 0.25) is 0 Å². The van der Waals surface area contributed by atoms with Crippen molar-refractivity contribution in [2.24, 2.45) is 23.7 Å². The van der Waals surface area contributed by atoms with Gasteiger partial charge in [0.15, 0.2) is 0 Å². The molecule has 1 saturated carbocycles. The molecule has 0 bridgehead atoms. The van der Waals surface area contributed by atoms with E-state index in [1.165, 1.54) is 0 Å². The van der Waals surface area contributed by atoms with Crippen LogP contribution in [0.5, 0.6) is 0 Å². The number of carboxylic acid groups (broad SMARTS) is 4. The van der Waals surface area contributed by atoms with Gasteiger partial charge in [-0.3, -0.25) is 19.2 Å². The first-order valence-corrected chi connectivity index (χ1v) is 4.79. The Bertz CT molecular complexity index is 376. The Morgan fingerprint density at radius 3 is 0.944 bits per heavy atom. The molecule has 0 heterocycles. The predicted octanol–water partition coefficient (Wildman–Crippen LogP) is -1.84. The van der Waals surface area contributed by atoms with Gasteiger partial charge < -0.3 is 25.5 Å². The topological polar surface area (TPSA) is 169 Å². The minimum absolute atomic E-state index is 1.75. The van der Waals surface area contributed by atoms with Crippen molar-refractivity contribution < 1.29 is 44.7 Å². The van der Waals surface area contributed by atoms with Crippen LogP contribution in [0.25, 0.3) is 0 Å². The zero-order valence-corrected chi connectivity index (χ0v) is 8.76. The van der Waals surface area contributed by atoms with E-state index in [0.29, 0.717) is 0 Å². The lowest BCUT2D eigenvalue weighted by Crippen LogP contribution is -2.35. The van der Waals surface area contributed by atoms with Gasteiger partial charge in [0.2, 0.25) is 0 Å². The van der Waals surface area contributed by atoms with Crippen LogP contribution in [0.15, 0.2) is 0 Å². The van der Waals surface area contributed by atoms with Crippen molar-refractivity contribution in [2.75, 3.05) is 0 Å². The molecular formula is C9H10O9. The molecule has 0 aliphatic heterocycles. The fourth-order valence-corrected chi connectivity index (χ4v) is 2.31. The highest BCUT2D eigenvalue weighted by atomic mass is 16.4. The van der Waals surface area contributed by atoms with Gasteiger partial charge in [-0.25, -0.2) is 0 Å². The van der Waals surface area contributed by atoms with Crippen molar-refractivity contribution in [1.82, 2.24) is 0 Å². The summed E-state index contributed by atoms with van der Waals surface area (Å²) in [4.78, 5) is 43.5. The Balaban J connectivity index is 3.33. The van der Waals surface area contributed by atoms with Crippen LogP contribution >= 0.6 is 0 Å². The van der Waals surface area contributed by atoms with E-state index in [-0.39, 0.29) is 0 Å². The third-order valence-corrected chi connectivity index (χ3v) is 3.04. The lowest BCUT2D eigenvalue weighted by atomic mass is 9.87. The zero-order valence-electron chi connectivity index (χ0n) is 8.76. The van der Waals surface area contributed by atoms with Gasteiger partial charge in [0.05, 0.1) is 29.8 Å². The molecule has 1 aliphatic rings. The van der Waals surface area contributed by atoms with Crippen LogP contribution < -0.4 is 0 Å². The minimum Gasteiger partial charge on any atom is -0.481 e. The number of hydrogen-bond acceptors (Lipinski definition) is 5. The van der Waals surface area contributed by atoms with Crippen molar-refractivity contribution in [1.29, 1.82) is 0 Å². The summed E-state index contributed by atoms with van der Waals surface area (Å²) in [7, 11) is 0. The third kappa shape index (κ3) is 1.99. The number of carboxylic acids is 4. The van der Waals surface area contributed by atoms with Crippen LogP contribution in [0.4, 0.5) is 0 Å². The Morgan fingerprint density at radius 2 is 0.778 bits per heavy atom. The standard InChI is InChI=1S/C9H10O9/c10-5-3(8(15)16)1(6(11)12)2(7(13)14)4(5)9(17)18/h1-5,10H,(H,11,12)(H,13,14)(H,15,16)(H,17,18). The van der Waals surface area contributed by atoms with Gasteiger partial charge in [-0.05, 0) is 0 Å². The molecular weight excluding hydrogens is 252 g/mol. The van der Waals surface area contributed by atoms with Gasteiger partial charge in [0, 0.05) is 0 Å². The predicted molar refractivity (Wildman–Crippen MR) is 50.5 cm³/mol. The summed E-state index contributed by atoms with van der Waals surface area (Å²) in [6.07, 6.45) is -2.07. The Morgan fingerprint density at radius 1 is 0.556 bits per heavy atom. The van der Waals surface area contributed by atoms with E-state index in [1.54, 1.807) is 0 Å². The van der Waals surface area contributed by atoms with Gasteiger partial charge in [-0.2, -0.15) is 0 Å². The molecule has 0 aromatic rings. The first-order chi connectivity index (χ1) is 8.20. The van der Waals surface area contributed by atoms with E-state index >= 15 is 0 Å². The summed E-state index contributed by atoms with van der Waals surface area (Å²) < 4.78 is 0. The van der Waals surface area contributed by atoms with Crippen LogP contribution in [-0.2, 0) is 19.2 Å². The maximum absolute atomic E-state index is 10.9. The number of aliphatic carboxylic acids is 4. The molecule has 0 aromatic heterocycles. The first kappa shape index (κ1) is 13.9. The fourth-order valence-electron chi connectivity index (χ4n) is 2.31. The van der Waals surface area contributed by atoms with Gasteiger partial charge in [-0.1, -0.05) is 0 Å². The number of aliphatic hydroxyl groups is 1. The maximum Gasteiger partial charge on any atom is 0.310 e. The molecule has 4 atom stereocenters. The molecule has 0 amide bonds. The zero-order chi connectivity index (χ0) is 14.2. The number of carbonyl (C=O) groups is 4. The van der Waals surface area contributed by atoms with Crippen LogP contribution in [0.1, 0.15) is 0 Å². The van der Waals surface area contributed by atoms with E-state index in [9.17, 15) is 24.3 Å². The molecule has 4 unspecified atom stereocenters. The van der Waals surface area contributed by atoms with E-state index in [4.69, 9.17) is 20.4 Å². The van der Waals surface area contributed by atoms with E-state index in [1.807, 2.05) is 0 Å². The highest BCUT2D eigenvalue weighted by Gasteiger charge is 2.61. The summed E-state index contributed by atoms with van der Waals surface area (Å²) >= 11 is 0. The maximum atomic E-state index is 10.9. The molecule has 9 nitrogen and oxygen atoms in total. The summed E-state index contributed by atoms with van der Waals surface area (Å²) in [5.41, 5.74) is 0. The van der Waals surface area contributed by atoms with Gasteiger partial charge >= 0.3 is 23.9 Å². The molecule has 1 fully saturated rings. The quantitative estimate of drug-likeness (QED) is 0.390. The van der Waals surface area contributed by atoms with Crippen LogP contribution in [-0.4, -0.2) is 55.5 Å². The lowest BCUT2D eigenvalue weighted by Gasteiger charge is -2.15. The molecule has 1 aliphatic carbocycles. The first-order valence-electron chi connectivity index (χ1n) is 4.79.